The molecule has 186 valence electrons. The highest BCUT2D eigenvalue weighted by Crippen LogP contribution is 2.26. The summed E-state index contributed by atoms with van der Waals surface area (Å²) in [6.45, 7) is 10.4. The standard InChI is InChI=1S/C27H33ClN4O3/c1-6-15-31(26(34)18-35-22-13-9-20(28)10-14-22)17-25(33)29-24-16-23(27(3,4)5)30-32(24)21-11-7-19(2)8-12-21/h7-14,16H,6,15,17-18H2,1-5H3,(H,29,33). The van der Waals surface area contributed by atoms with E-state index in [0.29, 0.717) is 23.1 Å². The van der Waals surface area contributed by atoms with Crippen LogP contribution in [0.15, 0.2) is 54.6 Å². The smallest absolute Gasteiger partial charge is 0.260 e. The molecule has 8 heteroatoms. The summed E-state index contributed by atoms with van der Waals surface area (Å²) in [7, 11) is 0. The number of amides is 2. The number of hydrogen-bond donors (Lipinski definition) is 1. The molecule has 0 spiro atoms. The molecule has 0 bridgehead atoms. The van der Waals surface area contributed by atoms with E-state index in [9.17, 15) is 9.59 Å². The number of nitrogens with one attached hydrogen (secondary N) is 1. The van der Waals surface area contributed by atoms with Gasteiger partial charge in [0.1, 0.15) is 18.1 Å². The second-order valence-electron chi connectivity index (χ2n) is 9.52. The van der Waals surface area contributed by atoms with Crippen molar-refractivity contribution < 1.29 is 14.3 Å². The maximum atomic E-state index is 13.0. The van der Waals surface area contributed by atoms with E-state index in [1.54, 1.807) is 28.9 Å². The van der Waals surface area contributed by atoms with Gasteiger partial charge in [-0.3, -0.25) is 9.59 Å². The first kappa shape index (κ1) is 26.3. The van der Waals surface area contributed by atoms with Crippen LogP contribution in [0.3, 0.4) is 0 Å². The number of nitrogens with zero attached hydrogens (tertiary/aromatic N) is 3. The van der Waals surface area contributed by atoms with Crippen LogP contribution in [0.2, 0.25) is 5.02 Å². The first-order chi connectivity index (χ1) is 16.6. The van der Waals surface area contributed by atoms with E-state index < -0.39 is 0 Å². The first-order valence-corrected chi connectivity index (χ1v) is 12.1. The Balaban J connectivity index is 1.73. The molecular weight excluding hydrogens is 464 g/mol. The van der Waals surface area contributed by atoms with Crippen LogP contribution in [0.25, 0.3) is 5.69 Å². The molecule has 0 aliphatic heterocycles. The second kappa shape index (κ2) is 11.4. The Labute approximate surface area is 212 Å². The Kier molecular flexibility index (Phi) is 8.57. The topological polar surface area (TPSA) is 76.5 Å². The zero-order chi connectivity index (χ0) is 25.6. The Morgan fingerprint density at radius 2 is 1.74 bits per heavy atom. The Hall–Kier alpha value is -3.32. The van der Waals surface area contributed by atoms with Crippen molar-refractivity contribution in [2.75, 3.05) is 25.0 Å². The second-order valence-corrected chi connectivity index (χ2v) is 9.95. The monoisotopic (exact) mass is 496 g/mol. The highest BCUT2D eigenvalue weighted by atomic mass is 35.5. The number of carbonyl (C=O) groups is 2. The van der Waals surface area contributed by atoms with Gasteiger partial charge in [0, 0.05) is 23.0 Å². The van der Waals surface area contributed by atoms with Gasteiger partial charge in [-0.25, -0.2) is 4.68 Å². The summed E-state index contributed by atoms with van der Waals surface area (Å²) < 4.78 is 7.31. The zero-order valence-electron chi connectivity index (χ0n) is 21.0. The molecule has 0 saturated carbocycles. The van der Waals surface area contributed by atoms with E-state index >= 15 is 0 Å². The fourth-order valence-electron chi connectivity index (χ4n) is 3.40. The van der Waals surface area contributed by atoms with E-state index in [1.165, 1.54) is 4.90 Å². The number of rotatable bonds is 9. The molecule has 0 saturated heterocycles. The summed E-state index contributed by atoms with van der Waals surface area (Å²) in [6.07, 6.45) is 0.718. The largest absolute Gasteiger partial charge is 0.484 e. The van der Waals surface area contributed by atoms with Crippen molar-refractivity contribution in [3.05, 3.63) is 70.9 Å². The van der Waals surface area contributed by atoms with Gasteiger partial charge in [-0.15, -0.1) is 0 Å². The minimum atomic E-state index is -0.299. The lowest BCUT2D eigenvalue weighted by Crippen LogP contribution is -2.41. The van der Waals surface area contributed by atoms with Crippen LogP contribution in [0.5, 0.6) is 5.75 Å². The SMILES string of the molecule is CCCN(CC(=O)Nc1cc(C(C)(C)C)nn1-c1ccc(C)cc1)C(=O)COc1ccc(Cl)cc1. The average Bonchev–Trinajstić information content (AvgIpc) is 3.23. The summed E-state index contributed by atoms with van der Waals surface area (Å²) in [5.74, 6) is 0.539. The number of ether oxygens (including phenoxy) is 1. The lowest BCUT2D eigenvalue weighted by atomic mass is 9.92. The highest BCUT2D eigenvalue weighted by molar-refractivity contribution is 6.30. The van der Waals surface area contributed by atoms with E-state index in [2.05, 4.69) is 26.1 Å². The fourth-order valence-corrected chi connectivity index (χ4v) is 3.53. The van der Waals surface area contributed by atoms with E-state index in [1.807, 2.05) is 44.2 Å². The van der Waals surface area contributed by atoms with Gasteiger partial charge in [-0.1, -0.05) is 57.0 Å². The average molecular weight is 497 g/mol. The van der Waals surface area contributed by atoms with Crippen LogP contribution in [0.4, 0.5) is 5.82 Å². The molecule has 35 heavy (non-hydrogen) atoms. The van der Waals surface area contributed by atoms with Crippen molar-refractivity contribution in [2.24, 2.45) is 0 Å². The summed E-state index contributed by atoms with van der Waals surface area (Å²) in [5.41, 5.74) is 2.64. The van der Waals surface area contributed by atoms with Crippen LogP contribution in [-0.2, 0) is 15.0 Å². The Bertz CT molecular complexity index is 1150. The van der Waals surface area contributed by atoms with Crippen LogP contribution in [-0.4, -0.2) is 46.2 Å². The molecule has 0 aliphatic rings. The number of halogens is 1. The van der Waals surface area contributed by atoms with Gasteiger partial charge in [0.05, 0.1) is 11.4 Å². The number of anilines is 1. The van der Waals surface area contributed by atoms with Gasteiger partial charge >= 0.3 is 0 Å². The number of aryl methyl sites for hydroxylation is 1. The van der Waals surface area contributed by atoms with Crippen molar-refractivity contribution in [2.45, 2.75) is 46.5 Å². The zero-order valence-corrected chi connectivity index (χ0v) is 21.7. The minimum Gasteiger partial charge on any atom is -0.484 e. The molecule has 7 nitrogen and oxygen atoms in total. The molecule has 0 radical (unpaired) electrons. The molecule has 0 aliphatic carbocycles. The molecule has 1 N–H and O–H groups in total. The molecule has 3 aromatic rings. The predicted octanol–water partition coefficient (Wildman–Crippen LogP) is 5.39. The van der Waals surface area contributed by atoms with E-state index in [0.717, 1.165) is 23.4 Å². The van der Waals surface area contributed by atoms with Crippen LogP contribution >= 0.6 is 11.6 Å². The van der Waals surface area contributed by atoms with Crippen LogP contribution < -0.4 is 10.1 Å². The quantitative estimate of drug-likeness (QED) is 0.431. The van der Waals surface area contributed by atoms with Gasteiger partial charge in [0.25, 0.3) is 5.91 Å². The van der Waals surface area contributed by atoms with Crippen molar-refractivity contribution in [3.63, 3.8) is 0 Å². The summed E-state index contributed by atoms with van der Waals surface area (Å²) in [5, 5.41) is 8.29. The first-order valence-electron chi connectivity index (χ1n) is 11.7. The molecular formula is C27H33ClN4O3. The molecule has 1 heterocycles. The number of carbonyl (C=O) groups excluding carboxylic acids is 2. The van der Waals surface area contributed by atoms with Crippen molar-refractivity contribution in [1.29, 1.82) is 0 Å². The number of benzene rings is 2. The third-order valence-electron chi connectivity index (χ3n) is 5.38. The molecule has 0 fully saturated rings. The Morgan fingerprint density at radius 1 is 1.09 bits per heavy atom. The van der Waals surface area contributed by atoms with E-state index in [4.69, 9.17) is 21.4 Å². The van der Waals surface area contributed by atoms with Gasteiger partial charge < -0.3 is 15.0 Å². The summed E-state index contributed by atoms with van der Waals surface area (Å²) in [4.78, 5) is 27.3. The van der Waals surface area contributed by atoms with Crippen molar-refractivity contribution in [1.82, 2.24) is 14.7 Å². The predicted molar refractivity (Wildman–Crippen MR) is 139 cm³/mol. The fraction of sp³-hybridized carbons (Fsp3) is 0.370. The van der Waals surface area contributed by atoms with Crippen LogP contribution in [0.1, 0.15) is 45.4 Å². The van der Waals surface area contributed by atoms with Gasteiger partial charge in [-0.05, 0) is 49.7 Å². The molecule has 0 atom stereocenters. The normalized spacial score (nSPS) is 11.3. The Morgan fingerprint density at radius 3 is 2.34 bits per heavy atom. The van der Waals surface area contributed by atoms with Crippen LogP contribution in [0, 0.1) is 6.92 Å². The molecule has 2 aromatic carbocycles. The van der Waals surface area contributed by atoms with Gasteiger partial charge in [0.2, 0.25) is 5.91 Å². The van der Waals surface area contributed by atoms with Crippen molar-refractivity contribution >= 4 is 29.2 Å². The van der Waals surface area contributed by atoms with Gasteiger partial charge in [-0.2, -0.15) is 5.10 Å². The number of aromatic nitrogens is 2. The summed E-state index contributed by atoms with van der Waals surface area (Å²) in [6, 6.07) is 16.6. The minimum absolute atomic E-state index is 0.0828. The van der Waals surface area contributed by atoms with Crippen molar-refractivity contribution in [3.8, 4) is 11.4 Å². The molecule has 1 aromatic heterocycles. The molecule has 3 rings (SSSR count). The van der Waals surface area contributed by atoms with Gasteiger partial charge in [0.15, 0.2) is 6.61 Å². The number of hydrogen-bond acceptors (Lipinski definition) is 4. The lowest BCUT2D eigenvalue weighted by Gasteiger charge is -2.22. The third kappa shape index (κ3) is 7.33. The highest BCUT2D eigenvalue weighted by Gasteiger charge is 2.23. The lowest BCUT2D eigenvalue weighted by molar-refractivity contribution is -0.136. The molecule has 2 amide bonds. The third-order valence-corrected chi connectivity index (χ3v) is 5.63. The summed E-state index contributed by atoms with van der Waals surface area (Å²) >= 11 is 5.89. The maximum absolute atomic E-state index is 13.0. The maximum Gasteiger partial charge on any atom is 0.260 e. The van der Waals surface area contributed by atoms with E-state index in [-0.39, 0.29) is 30.4 Å². The molecule has 0 unspecified atom stereocenters.